The maximum Gasteiger partial charge on any atom is 0.307 e. The summed E-state index contributed by atoms with van der Waals surface area (Å²) in [4.78, 5) is 38.6. The number of nitrogens with zero attached hydrogens (tertiary/aromatic N) is 1. The third-order valence-corrected chi connectivity index (χ3v) is 5.35. The molecule has 32 heavy (non-hydrogen) atoms. The number of unbranched alkanes of at least 4 members (excludes halogenated alkanes) is 6. The number of likely N-dealkylation sites (tertiary alicyclic amines) is 1. The summed E-state index contributed by atoms with van der Waals surface area (Å²) in [6.45, 7) is 7.92. The van der Waals surface area contributed by atoms with Crippen LogP contribution in [-0.2, 0) is 28.6 Å². The molecule has 1 fully saturated rings. The molecule has 0 aromatic rings. The van der Waals surface area contributed by atoms with Crippen LogP contribution in [0.5, 0.6) is 0 Å². The molecule has 0 aromatic heterocycles. The van der Waals surface area contributed by atoms with Gasteiger partial charge >= 0.3 is 11.9 Å². The van der Waals surface area contributed by atoms with Crippen LogP contribution in [0.3, 0.4) is 0 Å². The Morgan fingerprint density at radius 2 is 1.59 bits per heavy atom. The summed E-state index contributed by atoms with van der Waals surface area (Å²) in [6, 6.07) is -0.635. The van der Waals surface area contributed by atoms with Gasteiger partial charge in [-0.15, -0.1) is 6.58 Å². The lowest BCUT2D eigenvalue weighted by Crippen LogP contribution is -2.55. The molecule has 0 aromatic carbocycles. The summed E-state index contributed by atoms with van der Waals surface area (Å²) in [6.07, 6.45) is 10.3. The molecule has 1 aliphatic heterocycles. The van der Waals surface area contributed by atoms with Crippen molar-refractivity contribution in [2.45, 2.75) is 83.3 Å². The van der Waals surface area contributed by atoms with Crippen LogP contribution in [0.2, 0.25) is 0 Å². The molecule has 1 unspecified atom stereocenters. The van der Waals surface area contributed by atoms with Crippen LogP contribution in [-0.4, -0.2) is 74.8 Å². The molecule has 8 nitrogen and oxygen atoms in total. The molecule has 184 valence electrons. The Kier molecular flexibility index (Phi) is 15.5. The smallest absolute Gasteiger partial charge is 0.307 e. The predicted octanol–water partition coefficient (Wildman–Crippen LogP) is 3.00. The second-order valence-corrected chi connectivity index (χ2v) is 8.36. The van der Waals surface area contributed by atoms with Gasteiger partial charge in [0, 0.05) is 26.2 Å². The van der Waals surface area contributed by atoms with E-state index in [1.54, 1.807) is 7.11 Å². The minimum atomic E-state index is -0.635. The van der Waals surface area contributed by atoms with Crippen molar-refractivity contribution in [3.63, 3.8) is 0 Å². The Morgan fingerprint density at radius 1 is 1.00 bits per heavy atom. The van der Waals surface area contributed by atoms with Gasteiger partial charge in [0.05, 0.1) is 38.7 Å². The van der Waals surface area contributed by atoms with Crippen molar-refractivity contribution in [2.75, 3.05) is 40.0 Å². The summed E-state index contributed by atoms with van der Waals surface area (Å²) in [5.41, 5.74) is 0. The summed E-state index contributed by atoms with van der Waals surface area (Å²) < 4.78 is 15.6. The minimum Gasteiger partial charge on any atom is -0.466 e. The van der Waals surface area contributed by atoms with E-state index in [0.29, 0.717) is 32.7 Å². The molecule has 0 saturated carbocycles. The maximum atomic E-state index is 12.4. The zero-order valence-electron chi connectivity index (χ0n) is 19.9. The Balaban J connectivity index is 2.31. The fraction of sp³-hybridized carbons (Fsp3) is 0.792. The van der Waals surface area contributed by atoms with Crippen LogP contribution in [0.4, 0.5) is 0 Å². The van der Waals surface area contributed by atoms with Crippen molar-refractivity contribution in [1.82, 2.24) is 10.2 Å². The van der Waals surface area contributed by atoms with Crippen LogP contribution < -0.4 is 5.32 Å². The van der Waals surface area contributed by atoms with Crippen LogP contribution >= 0.6 is 0 Å². The van der Waals surface area contributed by atoms with Crippen LogP contribution in [0.25, 0.3) is 0 Å². The third kappa shape index (κ3) is 13.5. The van der Waals surface area contributed by atoms with Gasteiger partial charge in [0.1, 0.15) is 0 Å². The van der Waals surface area contributed by atoms with Gasteiger partial charge in [-0.2, -0.15) is 0 Å². The van der Waals surface area contributed by atoms with Gasteiger partial charge in [0.15, 0.2) is 0 Å². The van der Waals surface area contributed by atoms with Crippen molar-refractivity contribution >= 4 is 17.8 Å². The number of carbonyl (C=O) groups excluding carboxylic acids is 3. The van der Waals surface area contributed by atoms with Crippen molar-refractivity contribution in [2.24, 2.45) is 0 Å². The van der Waals surface area contributed by atoms with Gasteiger partial charge in [-0.3, -0.25) is 19.3 Å². The minimum absolute atomic E-state index is 0.0464. The number of hydrogen-bond acceptors (Lipinski definition) is 7. The van der Waals surface area contributed by atoms with Crippen LogP contribution in [0.15, 0.2) is 12.7 Å². The number of hydrogen-bond donors (Lipinski definition) is 1. The normalized spacial score (nSPS) is 14.9. The molecular weight excluding hydrogens is 412 g/mol. The Labute approximate surface area is 193 Å². The van der Waals surface area contributed by atoms with E-state index in [2.05, 4.69) is 11.9 Å². The molecule has 8 heteroatoms. The number of nitrogens with one attached hydrogen (secondary N) is 1. The highest BCUT2D eigenvalue weighted by atomic mass is 16.5. The first-order valence-corrected chi connectivity index (χ1v) is 11.9. The Morgan fingerprint density at radius 3 is 2.19 bits per heavy atom. The van der Waals surface area contributed by atoms with E-state index in [4.69, 9.17) is 14.2 Å². The highest BCUT2D eigenvalue weighted by Gasteiger charge is 2.29. The third-order valence-electron chi connectivity index (χ3n) is 5.35. The lowest BCUT2D eigenvalue weighted by molar-refractivity contribution is -0.146. The predicted molar refractivity (Wildman–Crippen MR) is 123 cm³/mol. The van der Waals surface area contributed by atoms with Crippen molar-refractivity contribution in [1.29, 1.82) is 0 Å². The summed E-state index contributed by atoms with van der Waals surface area (Å²) in [5, 5.41) is 2.79. The fourth-order valence-corrected chi connectivity index (χ4v) is 3.47. The molecule has 0 bridgehead atoms. The first kappa shape index (κ1) is 28.1. The number of allylic oxidation sites excluding steroid dienone is 1. The summed E-state index contributed by atoms with van der Waals surface area (Å²) in [7, 11) is 1.65. The number of esters is 2. The second kappa shape index (κ2) is 17.6. The molecule has 1 atom stereocenters. The van der Waals surface area contributed by atoms with E-state index >= 15 is 0 Å². The van der Waals surface area contributed by atoms with E-state index in [-0.39, 0.29) is 31.4 Å². The largest absolute Gasteiger partial charge is 0.466 e. The summed E-state index contributed by atoms with van der Waals surface area (Å²) >= 11 is 0. The van der Waals surface area contributed by atoms with Gasteiger partial charge in [0.25, 0.3) is 0 Å². The average Bonchev–Trinajstić information content (AvgIpc) is 2.73. The molecular formula is C24H42N2O6. The zero-order chi connectivity index (χ0) is 23.6. The number of rotatable bonds is 19. The highest BCUT2D eigenvalue weighted by Crippen LogP contribution is 2.11. The Hall–Kier alpha value is -1.93. The number of ether oxygens (including phenoxy) is 3. The quantitative estimate of drug-likeness (QED) is 0.182. The Bertz CT molecular complexity index is 563. The molecule has 0 aliphatic carbocycles. The van der Waals surface area contributed by atoms with Crippen LogP contribution in [0.1, 0.15) is 71.1 Å². The maximum absolute atomic E-state index is 12.4. The molecule has 1 heterocycles. The highest BCUT2D eigenvalue weighted by molar-refractivity contribution is 5.81. The van der Waals surface area contributed by atoms with E-state index in [0.717, 1.165) is 25.7 Å². The first-order valence-electron chi connectivity index (χ1n) is 11.9. The van der Waals surface area contributed by atoms with E-state index in [9.17, 15) is 14.4 Å². The molecule has 1 N–H and O–H groups in total. The van der Waals surface area contributed by atoms with Crippen LogP contribution in [0, 0.1) is 0 Å². The lowest BCUT2D eigenvalue weighted by Gasteiger charge is -2.37. The molecule has 0 spiro atoms. The topological polar surface area (TPSA) is 94.2 Å². The fourth-order valence-electron chi connectivity index (χ4n) is 3.47. The van der Waals surface area contributed by atoms with Crippen molar-refractivity contribution < 1.29 is 28.6 Å². The monoisotopic (exact) mass is 454 g/mol. The van der Waals surface area contributed by atoms with Crippen molar-refractivity contribution in [3.05, 3.63) is 12.7 Å². The van der Waals surface area contributed by atoms with Gasteiger partial charge < -0.3 is 19.5 Å². The van der Waals surface area contributed by atoms with Gasteiger partial charge in [-0.25, -0.2) is 0 Å². The first-order chi connectivity index (χ1) is 15.5. The molecule has 0 radical (unpaired) electrons. The zero-order valence-corrected chi connectivity index (χ0v) is 19.9. The molecule has 1 rings (SSSR count). The average molecular weight is 455 g/mol. The van der Waals surface area contributed by atoms with Crippen molar-refractivity contribution in [3.8, 4) is 0 Å². The van der Waals surface area contributed by atoms with E-state index in [1.165, 1.54) is 19.3 Å². The van der Waals surface area contributed by atoms with Gasteiger partial charge in [-0.05, 0) is 25.7 Å². The lowest BCUT2D eigenvalue weighted by atomic mass is 10.1. The SMILES string of the molecule is C=CCCCCCCCCOC(=O)CC(CC(=O)OCCC)NC(=O)CN1CC(OC)C1. The number of carbonyl (C=O) groups is 3. The number of methoxy groups -OCH3 is 1. The molecule has 1 saturated heterocycles. The second-order valence-electron chi connectivity index (χ2n) is 8.36. The standard InChI is InChI=1S/C24H42N2O6/c1-4-6-7-8-9-10-11-12-14-32-24(29)16-20(15-23(28)31-13-5-2)25-22(27)19-26-17-21(18-26)30-3/h4,20-21H,1,5-19H2,2-3H3,(H,25,27). The van der Waals surface area contributed by atoms with E-state index in [1.807, 2.05) is 17.9 Å². The van der Waals surface area contributed by atoms with Gasteiger partial charge in [0.2, 0.25) is 5.91 Å². The van der Waals surface area contributed by atoms with E-state index < -0.39 is 18.0 Å². The number of amides is 1. The molecule has 1 amide bonds. The molecule has 1 aliphatic rings. The van der Waals surface area contributed by atoms with Gasteiger partial charge in [-0.1, -0.05) is 38.7 Å². The summed E-state index contributed by atoms with van der Waals surface area (Å²) in [5.74, 6) is -1.06.